The fraction of sp³-hybridized carbons (Fsp3) is 1.00. The zero-order chi connectivity index (χ0) is 35.3. The summed E-state index contributed by atoms with van der Waals surface area (Å²) >= 11 is 0. The Kier molecular flexibility index (Phi) is 9.95. The van der Waals surface area contributed by atoms with E-state index in [2.05, 4.69) is 23.6 Å². The summed E-state index contributed by atoms with van der Waals surface area (Å²) in [5.41, 5.74) is 0.614. The van der Waals surface area contributed by atoms with E-state index in [0.717, 1.165) is 107 Å². The molecule has 11 rings (SSSR count). The molecule has 2 saturated heterocycles. The second-order valence-electron chi connectivity index (χ2n) is 23.6. The average Bonchev–Trinajstić information content (AvgIpc) is 3.81. The first-order chi connectivity index (χ1) is 26.0. The van der Waals surface area contributed by atoms with Crippen LogP contribution in [0.15, 0.2) is 0 Å². The van der Waals surface area contributed by atoms with E-state index in [1.54, 1.807) is 135 Å². The van der Waals surface area contributed by atoms with E-state index in [-0.39, 0.29) is 0 Å². The molecule has 2 heteroatoms. The summed E-state index contributed by atoms with van der Waals surface area (Å²) < 4.78 is 0. The second kappa shape index (κ2) is 14.6. The Balaban J connectivity index is 0.727. The summed E-state index contributed by atoms with van der Waals surface area (Å²) in [4.78, 5) is 6.62. The van der Waals surface area contributed by atoms with Gasteiger partial charge in [-0.3, -0.25) is 9.80 Å². The van der Waals surface area contributed by atoms with Crippen molar-refractivity contribution in [1.82, 2.24) is 9.80 Å². The van der Waals surface area contributed by atoms with Crippen molar-refractivity contribution in [3.05, 3.63) is 0 Å². The van der Waals surface area contributed by atoms with Crippen LogP contribution in [0.4, 0.5) is 0 Å². The highest BCUT2D eigenvalue weighted by atomic mass is 15.3. The molecule has 15 unspecified atom stereocenters. The second-order valence-corrected chi connectivity index (χ2v) is 23.6. The summed E-state index contributed by atoms with van der Waals surface area (Å²) in [7, 11) is 0. The molecule has 15 atom stereocenters. The van der Waals surface area contributed by atoms with Gasteiger partial charge in [0.05, 0.1) is 0 Å². The van der Waals surface area contributed by atoms with E-state index in [4.69, 9.17) is 0 Å². The van der Waals surface area contributed by atoms with Crippen molar-refractivity contribution >= 4 is 0 Å². The molecule has 0 amide bonds. The fourth-order valence-electron chi connectivity index (χ4n) is 19.7. The maximum atomic E-state index is 3.37. The molecule has 11 aliphatic rings. The zero-order valence-corrected chi connectivity index (χ0v) is 35.0. The van der Waals surface area contributed by atoms with Gasteiger partial charge in [0.15, 0.2) is 0 Å². The topological polar surface area (TPSA) is 6.48 Å². The lowest BCUT2D eigenvalue weighted by molar-refractivity contribution is 0.0120. The number of hydrogen-bond donors (Lipinski definition) is 0. The summed E-state index contributed by atoms with van der Waals surface area (Å²) in [6.07, 6.45) is 47.0. The van der Waals surface area contributed by atoms with Crippen molar-refractivity contribution in [2.24, 2.45) is 76.4 Å². The lowest BCUT2D eigenvalue weighted by atomic mass is 9.61. The van der Waals surface area contributed by atoms with Crippen LogP contribution in [0.1, 0.15) is 206 Å². The fourth-order valence-corrected chi connectivity index (χ4v) is 19.7. The van der Waals surface area contributed by atoms with E-state index >= 15 is 0 Å². The van der Waals surface area contributed by atoms with Gasteiger partial charge in [0.2, 0.25) is 0 Å². The first kappa shape index (κ1) is 36.0. The van der Waals surface area contributed by atoms with Crippen LogP contribution >= 0.6 is 0 Å². The van der Waals surface area contributed by atoms with Gasteiger partial charge in [-0.25, -0.2) is 0 Å². The van der Waals surface area contributed by atoms with Crippen molar-refractivity contribution in [3.63, 3.8) is 0 Å². The molecule has 0 radical (unpaired) electrons. The molecule has 0 aromatic heterocycles. The molecule has 298 valence electrons. The first-order valence-corrected chi connectivity index (χ1v) is 25.6. The van der Waals surface area contributed by atoms with E-state index in [0.29, 0.717) is 5.41 Å². The van der Waals surface area contributed by atoms with Gasteiger partial charge in [-0.2, -0.15) is 0 Å². The molecule has 53 heavy (non-hydrogen) atoms. The van der Waals surface area contributed by atoms with Gasteiger partial charge in [0.25, 0.3) is 0 Å². The molecule has 0 aromatic carbocycles. The Bertz CT molecular complexity index is 1260. The highest BCUT2D eigenvalue weighted by Crippen LogP contribution is 2.65. The average molecular weight is 725 g/mol. The van der Waals surface area contributed by atoms with Crippen molar-refractivity contribution in [3.8, 4) is 0 Å². The van der Waals surface area contributed by atoms with Gasteiger partial charge in [-0.15, -0.1) is 0 Å². The van der Waals surface area contributed by atoms with Gasteiger partial charge in [0, 0.05) is 36.3 Å². The molecule has 2 nitrogen and oxygen atoms in total. The number of likely N-dealkylation sites (tertiary alicyclic amines) is 2. The normalized spacial score (nSPS) is 53.2. The predicted octanol–water partition coefficient (Wildman–Crippen LogP) is 13.1. The summed E-state index contributed by atoms with van der Waals surface area (Å²) in [5, 5.41) is 0. The molecule has 2 aliphatic heterocycles. The van der Waals surface area contributed by atoms with E-state index in [9.17, 15) is 0 Å². The minimum Gasteiger partial charge on any atom is -0.294 e. The highest BCUT2D eigenvalue weighted by molar-refractivity contribution is 5.11. The summed E-state index contributed by atoms with van der Waals surface area (Å²) in [6, 6.07) is 5.79. The third-order valence-corrected chi connectivity index (χ3v) is 21.7. The van der Waals surface area contributed by atoms with Crippen LogP contribution in [-0.2, 0) is 0 Å². The molecule has 2 heterocycles. The Morgan fingerprint density at radius 3 is 1.36 bits per heavy atom. The molecule has 0 spiro atoms. The number of nitrogens with zero attached hydrogens (tertiary/aromatic N) is 2. The van der Waals surface area contributed by atoms with Crippen molar-refractivity contribution in [2.75, 3.05) is 0 Å². The van der Waals surface area contributed by atoms with E-state index < -0.39 is 0 Å². The lowest BCUT2D eigenvalue weighted by Crippen LogP contribution is -2.50. The predicted molar refractivity (Wildman–Crippen MR) is 221 cm³/mol. The number of fused-ring (bicyclic) bond motifs is 9. The lowest BCUT2D eigenvalue weighted by Gasteiger charge is -2.48. The third-order valence-electron chi connectivity index (χ3n) is 21.7. The van der Waals surface area contributed by atoms with Gasteiger partial charge < -0.3 is 0 Å². The molecule has 0 bridgehead atoms. The summed E-state index contributed by atoms with van der Waals surface area (Å²) in [6.45, 7) is 5.44. The van der Waals surface area contributed by atoms with Crippen LogP contribution in [0.3, 0.4) is 0 Å². The Hall–Kier alpha value is -0.0800. The van der Waals surface area contributed by atoms with Crippen LogP contribution in [0, 0.1) is 76.4 Å². The molecule has 0 aromatic rings. The smallest absolute Gasteiger partial charge is 0.0133 e. The molecular weight excluding hydrogens is 641 g/mol. The standard InChI is InChI=1S/C51H84N2/c1-51(2)45-17-9-6-14-39(45)42-32-38(26-27-46(42)51)53-48-19-11-8-16-41(48)44-31-36(25-29-50(44)53)34-22-20-33(21-23-34)35-24-28-49-43(30-35)40-15-7-10-18-47(40)52(49)37-12-4-3-5-13-37/h33-50H,3-32H2,1-2H3. The molecule has 11 fully saturated rings. The molecule has 0 N–H and O–H groups in total. The van der Waals surface area contributed by atoms with Crippen LogP contribution in [-0.4, -0.2) is 46.1 Å². The van der Waals surface area contributed by atoms with Crippen LogP contribution in [0.2, 0.25) is 0 Å². The van der Waals surface area contributed by atoms with Gasteiger partial charge in [-0.1, -0.05) is 71.6 Å². The monoisotopic (exact) mass is 725 g/mol. The summed E-state index contributed by atoms with van der Waals surface area (Å²) in [5.74, 6) is 12.8. The zero-order valence-electron chi connectivity index (χ0n) is 35.0. The Labute approximate surface area is 327 Å². The SMILES string of the molecule is CC1(C)C2CCCCC2C2CC(N3C4CCCCC4C4CC(C5CCC(C6CCC7C(C6)C6CCCCC6N7C6CCCCC6)CC5)CCC43)CCC21. The van der Waals surface area contributed by atoms with E-state index in [1.165, 1.54) is 57.8 Å². The van der Waals surface area contributed by atoms with Crippen LogP contribution in [0.5, 0.6) is 0 Å². The maximum absolute atomic E-state index is 3.37. The molecule has 9 saturated carbocycles. The minimum absolute atomic E-state index is 0.614. The molecule has 9 aliphatic carbocycles. The Morgan fingerprint density at radius 2 is 0.755 bits per heavy atom. The molecular formula is C51H84N2. The van der Waals surface area contributed by atoms with Crippen LogP contribution in [0.25, 0.3) is 0 Å². The quantitative estimate of drug-likeness (QED) is 0.285. The van der Waals surface area contributed by atoms with Crippen molar-refractivity contribution in [1.29, 1.82) is 0 Å². The Morgan fingerprint density at radius 1 is 0.302 bits per heavy atom. The first-order valence-electron chi connectivity index (χ1n) is 25.6. The highest BCUT2D eigenvalue weighted by Gasteiger charge is 2.60. The number of rotatable bonds is 4. The van der Waals surface area contributed by atoms with Gasteiger partial charge in [0.1, 0.15) is 0 Å². The largest absolute Gasteiger partial charge is 0.294 e. The number of hydrogen-bond acceptors (Lipinski definition) is 2. The van der Waals surface area contributed by atoms with Gasteiger partial charge >= 0.3 is 0 Å². The van der Waals surface area contributed by atoms with Crippen LogP contribution < -0.4 is 0 Å². The maximum Gasteiger partial charge on any atom is 0.0133 e. The van der Waals surface area contributed by atoms with Crippen molar-refractivity contribution in [2.45, 2.75) is 243 Å². The minimum atomic E-state index is 0.614. The van der Waals surface area contributed by atoms with Crippen molar-refractivity contribution < 1.29 is 0 Å². The van der Waals surface area contributed by atoms with Gasteiger partial charge in [-0.05, 0) is 211 Å². The third kappa shape index (κ3) is 6.08. The van der Waals surface area contributed by atoms with E-state index in [1.807, 2.05) is 0 Å².